The van der Waals surface area contributed by atoms with E-state index in [4.69, 9.17) is 0 Å². The average Bonchev–Trinajstić information content (AvgIpc) is 3.60. The van der Waals surface area contributed by atoms with Crippen molar-refractivity contribution in [1.29, 1.82) is 0 Å². The summed E-state index contributed by atoms with van der Waals surface area (Å²) in [6.07, 6.45) is -0.00648. The maximum Gasteiger partial charge on any atom is 0.421 e. The highest BCUT2D eigenvalue weighted by molar-refractivity contribution is 5.95. The Balaban J connectivity index is 1.49. The van der Waals surface area contributed by atoms with Gasteiger partial charge in [-0.1, -0.05) is 18.2 Å². The number of hydrogen-bond donors (Lipinski definition) is 1. The molecule has 2 aromatic rings. The predicted molar refractivity (Wildman–Crippen MR) is 111 cm³/mol. The fourth-order valence-corrected chi connectivity index (χ4v) is 4.45. The van der Waals surface area contributed by atoms with Crippen LogP contribution in [0.1, 0.15) is 67.1 Å². The number of alkyl halides is 4. The second-order valence-electron chi connectivity index (χ2n) is 9.00. The summed E-state index contributed by atoms with van der Waals surface area (Å²) in [5, 5.41) is 9.85. The second kappa shape index (κ2) is 8.14. The topological polar surface area (TPSA) is 53.4 Å². The van der Waals surface area contributed by atoms with Crippen LogP contribution < -0.4 is 0 Å². The molecule has 0 bridgehead atoms. The summed E-state index contributed by atoms with van der Waals surface area (Å²) < 4.78 is 54.7. The zero-order valence-corrected chi connectivity index (χ0v) is 17.8. The van der Waals surface area contributed by atoms with Gasteiger partial charge in [0.1, 0.15) is 0 Å². The standard InChI is InChI=1S/C24H26F4N2O2/c1-22(32,24(26,27)28)17-7-5-16(6-8-17)21(31)30(18-9-10-18)19-11-13-23(25,14-12-19)20-4-2-3-15-29-20/h2-8,15,18-19,32H,9-14H2,1H3/t19?,22-,23?/m0/s1. The van der Waals surface area contributed by atoms with E-state index in [1.807, 2.05) is 0 Å². The number of hydrogen-bond acceptors (Lipinski definition) is 3. The molecule has 0 radical (unpaired) electrons. The predicted octanol–water partition coefficient (Wildman–Crippen LogP) is 5.26. The lowest BCUT2D eigenvalue weighted by atomic mass is 9.80. The van der Waals surface area contributed by atoms with E-state index in [1.165, 1.54) is 12.1 Å². The minimum Gasteiger partial charge on any atom is -0.376 e. The normalized spacial score (nSPS) is 25.8. The summed E-state index contributed by atoms with van der Waals surface area (Å²) in [4.78, 5) is 19.2. The molecule has 4 nitrogen and oxygen atoms in total. The Kier molecular flexibility index (Phi) is 5.77. The van der Waals surface area contributed by atoms with Crippen molar-refractivity contribution < 1.29 is 27.5 Å². The van der Waals surface area contributed by atoms with E-state index >= 15 is 4.39 Å². The molecule has 32 heavy (non-hydrogen) atoms. The summed E-state index contributed by atoms with van der Waals surface area (Å²) in [6, 6.07) is 10.1. The molecule has 4 rings (SSSR count). The Bertz CT molecular complexity index is 948. The Labute approximate surface area is 184 Å². The van der Waals surface area contributed by atoms with E-state index in [0.29, 0.717) is 25.5 Å². The molecule has 1 aromatic carbocycles. The second-order valence-corrected chi connectivity index (χ2v) is 9.00. The SMILES string of the molecule is C[C@](O)(c1ccc(C(=O)N(C2CC2)C2CCC(F)(c3ccccn3)CC2)cc1)C(F)(F)F. The van der Waals surface area contributed by atoms with Crippen LogP contribution >= 0.6 is 0 Å². The van der Waals surface area contributed by atoms with E-state index in [0.717, 1.165) is 25.0 Å². The van der Waals surface area contributed by atoms with Crippen molar-refractivity contribution in [3.8, 4) is 0 Å². The van der Waals surface area contributed by atoms with Crippen molar-refractivity contribution in [2.24, 2.45) is 0 Å². The fraction of sp³-hybridized carbons (Fsp3) is 0.500. The van der Waals surface area contributed by atoms with Gasteiger partial charge in [-0.2, -0.15) is 13.2 Å². The number of halogens is 4. The maximum absolute atomic E-state index is 15.5. The lowest BCUT2D eigenvalue weighted by Crippen LogP contribution is -2.46. The van der Waals surface area contributed by atoms with Crippen molar-refractivity contribution >= 4 is 5.91 Å². The summed E-state index contributed by atoms with van der Waals surface area (Å²) in [6.45, 7) is 0.688. The van der Waals surface area contributed by atoms with Gasteiger partial charge in [-0.25, -0.2) is 4.39 Å². The van der Waals surface area contributed by atoms with Crippen LogP contribution in [0, 0.1) is 0 Å². The van der Waals surface area contributed by atoms with Crippen molar-refractivity contribution in [2.45, 2.75) is 75.0 Å². The lowest BCUT2D eigenvalue weighted by molar-refractivity contribution is -0.258. The molecule has 1 atom stereocenters. The minimum atomic E-state index is -4.83. The quantitative estimate of drug-likeness (QED) is 0.632. The molecular formula is C24H26F4N2O2. The molecule has 0 spiro atoms. The molecule has 172 valence electrons. The highest BCUT2D eigenvalue weighted by Crippen LogP contribution is 2.44. The van der Waals surface area contributed by atoms with Crippen LogP contribution in [0.2, 0.25) is 0 Å². The van der Waals surface area contributed by atoms with Gasteiger partial charge in [0.05, 0.1) is 5.69 Å². The Morgan fingerprint density at radius 3 is 2.12 bits per heavy atom. The Morgan fingerprint density at radius 1 is 1.03 bits per heavy atom. The van der Waals surface area contributed by atoms with Gasteiger partial charge in [0.15, 0.2) is 11.3 Å². The molecule has 1 aromatic heterocycles. The number of pyridine rings is 1. The molecule has 2 fully saturated rings. The van der Waals surface area contributed by atoms with Gasteiger partial charge >= 0.3 is 6.18 Å². The summed E-state index contributed by atoms with van der Waals surface area (Å²) in [5.41, 5.74) is -4.16. The van der Waals surface area contributed by atoms with Gasteiger partial charge in [-0.15, -0.1) is 0 Å². The molecule has 0 aliphatic heterocycles. The zero-order valence-electron chi connectivity index (χ0n) is 17.8. The molecule has 2 saturated carbocycles. The van der Waals surface area contributed by atoms with Gasteiger partial charge < -0.3 is 10.0 Å². The largest absolute Gasteiger partial charge is 0.421 e. The molecule has 1 amide bonds. The molecule has 1 N–H and O–H groups in total. The van der Waals surface area contributed by atoms with Crippen LogP contribution in [0.3, 0.4) is 0 Å². The van der Waals surface area contributed by atoms with Crippen LogP contribution in [0.15, 0.2) is 48.7 Å². The van der Waals surface area contributed by atoms with E-state index in [-0.39, 0.29) is 42.0 Å². The van der Waals surface area contributed by atoms with Gasteiger partial charge in [-0.3, -0.25) is 9.78 Å². The van der Waals surface area contributed by atoms with E-state index in [1.54, 1.807) is 29.3 Å². The zero-order chi connectivity index (χ0) is 23.1. The van der Waals surface area contributed by atoms with Gasteiger partial charge in [0, 0.05) is 23.8 Å². The van der Waals surface area contributed by atoms with Crippen LogP contribution in [-0.4, -0.2) is 39.2 Å². The minimum absolute atomic E-state index is 0.0763. The third-order valence-electron chi connectivity index (χ3n) is 6.69. The van der Waals surface area contributed by atoms with Gasteiger partial charge in [0.2, 0.25) is 0 Å². The van der Waals surface area contributed by atoms with E-state index < -0.39 is 17.4 Å². The van der Waals surface area contributed by atoms with Crippen molar-refractivity contribution in [1.82, 2.24) is 9.88 Å². The molecule has 2 aliphatic carbocycles. The number of rotatable bonds is 5. The fourth-order valence-electron chi connectivity index (χ4n) is 4.45. The Morgan fingerprint density at radius 2 is 1.62 bits per heavy atom. The van der Waals surface area contributed by atoms with Crippen molar-refractivity contribution in [3.05, 3.63) is 65.5 Å². The summed E-state index contributed by atoms with van der Waals surface area (Å²) in [5.74, 6) is -0.264. The van der Waals surface area contributed by atoms with Crippen molar-refractivity contribution in [3.63, 3.8) is 0 Å². The van der Waals surface area contributed by atoms with Gasteiger partial charge in [-0.05, 0) is 75.3 Å². The number of carbonyl (C=O) groups is 1. The summed E-state index contributed by atoms with van der Waals surface area (Å²) in [7, 11) is 0. The average molecular weight is 450 g/mol. The third kappa shape index (κ3) is 4.25. The third-order valence-corrected chi connectivity index (χ3v) is 6.69. The molecule has 0 saturated heterocycles. The van der Waals surface area contributed by atoms with Crippen molar-refractivity contribution in [2.75, 3.05) is 0 Å². The molecule has 0 unspecified atom stereocenters. The molecule has 1 heterocycles. The van der Waals surface area contributed by atoms with Crippen LogP contribution in [0.5, 0.6) is 0 Å². The lowest BCUT2D eigenvalue weighted by Gasteiger charge is -2.39. The van der Waals surface area contributed by atoms with E-state index in [9.17, 15) is 23.1 Å². The van der Waals surface area contributed by atoms with E-state index in [2.05, 4.69) is 4.98 Å². The first-order valence-electron chi connectivity index (χ1n) is 10.9. The van der Waals surface area contributed by atoms with Gasteiger partial charge in [0.25, 0.3) is 5.91 Å². The first-order valence-corrected chi connectivity index (χ1v) is 10.9. The summed E-state index contributed by atoms with van der Waals surface area (Å²) >= 11 is 0. The number of carbonyl (C=O) groups excluding carboxylic acids is 1. The Hall–Kier alpha value is -2.48. The first-order chi connectivity index (χ1) is 15.0. The number of amides is 1. The highest BCUT2D eigenvalue weighted by Gasteiger charge is 2.51. The maximum atomic E-state index is 15.5. The van der Waals surface area contributed by atoms with Crippen LogP contribution in [-0.2, 0) is 11.3 Å². The first kappa shape index (κ1) is 22.7. The highest BCUT2D eigenvalue weighted by atomic mass is 19.4. The van der Waals surface area contributed by atoms with Crippen LogP contribution in [0.4, 0.5) is 17.6 Å². The number of nitrogens with zero attached hydrogens (tertiary/aromatic N) is 2. The number of benzene rings is 1. The smallest absolute Gasteiger partial charge is 0.376 e. The monoisotopic (exact) mass is 450 g/mol. The molecule has 8 heteroatoms. The number of aliphatic hydroxyl groups is 1. The molecule has 2 aliphatic rings. The number of aromatic nitrogens is 1. The van der Waals surface area contributed by atoms with Crippen LogP contribution in [0.25, 0.3) is 0 Å². The molecular weight excluding hydrogens is 424 g/mol.